The Morgan fingerprint density at radius 1 is 0.976 bits per heavy atom. The Bertz CT molecular complexity index is 1550. The second-order valence-corrected chi connectivity index (χ2v) is 10.8. The van der Waals surface area contributed by atoms with E-state index in [0.717, 1.165) is 17.0 Å². The summed E-state index contributed by atoms with van der Waals surface area (Å²) >= 11 is 7.28. The third-order valence-corrected chi connectivity index (χ3v) is 7.34. The van der Waals surface area contributed by atoms with Crippen molar-refractivity contribution in [3.8, 4) is 11.5 Å². The van der Waals surface area contributed by atoms with Crippen molar-refractivity contribution >= 4 is 40.9 Å². The molecule has 0 saturated heterocycles. The predicted octanol–water partition coefficient (Wildman–Crippen LogP) is 6.12. The van der Waals surface area contributed by atoms with Gasteiger partial charge in [-0.2, -0.15) is 0 Å². The van der Waals surface area contributed by atoms with Gasteiger partial charge in [-0.1, -0.05) is 47.6 Å². The zero-order valence-corrected chi connectivity index (χ0v) is 23.8. The number of ether oxygens (including phenoxy) is 2. The lowest BCUT2D eigenvalue weighted by molar-refractivity contribution is -0.137. The Morgan fingerprint density at radius 3 is 2.37 bits per heavy atom. The van der Waals surface area contributed by atoms with Gasteiger partial charge in [0.1, 0.15) is 11.9 Å². The average Bonchev–Trinajstić information content (AvgIpc) is 3.41. The number of hydrogen-bond donors (Lipinski definition) is 1. The fourth-order valence-corrected chi connectivity index (χ4v) is 5.34. The van der Waals surface area contributed by atoms with E-state index in [1.165, 1.54) is 40.9 Å². The zero-order valence-electron chi connectivity index (χ0n) is 22.3. The number of carbonyl (C=O) groups excluding carboxylic acids is 2. The van der Waals surface area contributed by atoms with Gasteiger partial charge in [-0.3, -0.25) is 9.59 Å². The van der Waals surface area contributed by atoms with Gasteiger partial charge >= 0.3 is 0 Å². The van der Waals surface area contributed by atoms with E-state index in [1.807, 2.05) is 19.9 Å². The zero-order chi connectivity index (χ0) is 28.9. The minimum absolute atomic E-state index is 0.0223. The molecular formula is C30H26ClFN4O4S. The lowest BCUT2D eigenvalue weighted by Gasteiger charge is -2.31. The van der Waals surface area contributed by atoms with E-state index in [-0.39, 0.29) is 25.0 Å². The Kier molecular flexibility index (Phi) is 8.70. The molecule has 2 amide bonds. The van der Waals surface area contributed by atoms with Crippen LogP contribution in [-0.2, 0) is 16.1 Å². The Labute approximate surface area is 245 Å². The summed E-state index contributed by atoms with van der Waals surface area (Å²) in [4.78, 5) is 38.1. The number of rotatable bonds is 9. The van der Waals surface area contributed by atoms with Gasteiger partial charge in [0.2, 0.25) is 12.7 Å². The van der Waals surface area contributed by atoms with Gasteiger partial charge in [0, 0.05) is 34.7 Å². The summed E-state index contributed by atoms with van der Waals surface area (Å²) in [5, 5.41) is 3.90. The van der Waals surface area contributed by atoms with Crippen LogP contribution in [0.3, 0.4) is 0 Å². The Morgan fingerprint density at radius 2 is 1.66 bits per heavy atom. The smallest absolute Gasteiger partial charge is 0.251 e. The number of aromatic nitrogens is 2. The van der Waals surface area contributed by atoms with Crippen LogP contribution >= 0.6 is 23.4 Å². The first kappa shape index (κ1) is 28.4. The summed E-state index contributed by atoms with van der Waals surface area (Å²) in [6.07, 6.45) is 0. The highest BCUT2D eigenvalue weighted by atomic mass is 35.5. The average molecular weight is 593 g/mol. The number of hydrogen-bond acceptors (Lipinski definition) is 7. The Balaban J connectivity index is 1.48. The lowest BCUT2D eigenvalue weighted by atomic mass is 10.0. The van der Waals surface area contributed by atoms with Crippen molar-refractivity contribution < 1.29 is 23.5 Å². The molecule has 1 aromatic heterocycles. The Hall–Kier alpha value is -4.15. The minimum atomic E-state index is -1.09. The fraction of sp³-hybridized carbons (Fsp3) is 0.200. The van der Waals surface area contributed by atoms with Crippen molar-refractivity contribution in [2.24, 2.45) is 0 Å². The van der Waals surface area contributed by atoms with E-state index in [0.29, 0.717) is 32.9 Å². The first-order chi connectivity index (χ1) is 19.7. The van der Waals surface area contributed by atoms with Gasteiger partial charge in [-0.15, -0.1) is 0 Å². The summed E-state index contributed by atoms with van der Waals surface area (Å²) in [5.41, 5.74) is 3.25. The van der Waals surface area contributed by atoms with Gasteiger partial charge in [-0.25, -0.2) is 14.4 Å². The number of halogens is 2. The molecule has 0 fully saturated rings. The molecule has 1 atom stereocenters. The SMILES string of the molecule is Cc1cc(C)nc(SCC(=O)N(Cc2ccc(Cl)cc2)C(C(=O)Nc2ccc3c(c2)OCO3)c2ccc(F)cc2)n1. The minimum Gasteiger partial charge on any atom is -0.454 e. The highest BCUT2D eigenvalue weighted by molar-refractivity contribution is 7.99. The molecule has 1 aliphatic heterocycles. The molecule has 1 aliphatic rings. The van der Waals surface area contributed by atoms with Crippen LogP contribution < -0.4 is 14.8 Å². The summed E-state index contributed by atoms with van der Waals surface area (Å²) in [6.45, 7) is 3.91. The molecule has 1 N–H and O–H groups in total. The monoisotopic (exact) mass is 592 g/mol. The maximum Gasteiger partial charge on any atom is 0.251 e. The molecule has 0 bridgehead atoms. The second-order valence-electron chi connectivity index (χ2n) is 9.38. The normalized spacial score (nSPS) is 12.6. The van der Waals surface area contributed by atoms with Crippen LogP contribution in [0.25, 0.3) is 0 Å². The topological polar surface area (TPSA) is 93.7 Å². The van der Waals surface area contributed by atoms with Crippen LogP contribution in [0.15, 0.2) is 78.0 Å². The highest BCUT2D eigenvalue weighted by Gasteiger charge is 2.32. The third-order valence-electron chi connectivity index (χ3n) is 6.26. The molecular weight excluding hydrogens is 567 g/mol. The van der Waals surface area contributed by atoms with Crippen LogP contribution in [0.4, 0.5) is 10.1 Å². The largest absolute Gasteiger partial charge is 0.454 e. The molecule has 3 aromatic carbocycles. The second kappa shape index (κ2) is 12.6. The summed E-state index contributed by atoms with van der Waals surface area (Å²) < 4.78 is 24.7. The third kappa shape index (κ3) is 7.14. The first-order valence-corrected chi connectivity index (χ1v) is 14.1. The van der Waals surface area contributed by atoms with Crippen LogP contribution in [-0.4, -0.2) is 39.2 Å². The van der Waals surface area contributed by atoms with Gasteiger partial charge in [0.25, 0.3) is 5.91 Å². The van der Waals surface area contributed by atoms with Crippen molar-refractivity contribution in [3.63, 3.8) is 0 Å². The first-order valence-electron chi connectivity index (χ1n) is 12.7. The van der Waals surface area contributed by atoms with E-state index in [2.05, 4.69) is 15.3 Å². The van der Waals surface area contributed by atoms with Crippen molar-refractivity contribution in [1.82, 2.24) is 14.9 Å². The van der Waals surface area contributed by atoms with Crippen LogP contribution in [0, 0.1) is 19.7 Å². The van der Waals surface area contributed by atoms with Crippen molar-refractivity contribution in [2.45, 2.75) is 31.6 Å². The molecule has 0 aliphatic carbocycles. The summed E-state index contributed by atoms with van der Waals surface area (Å²) in [6, 6.07) is 18.3. The van der Waals surface area contributed by atoms with Gasteiger partial charge in [0.15, 0.2) is 16.7 Å². The molecule has 1 unspecified atom stereocenters. The lowest BCUT2D eigenvalue weighted by Crippen LogP contribution is -2.41. The molecule has 0 radical (unpaired) electrons. The van der Waals surface area contributed by atoms with E-state index < -0.39 is 17.8 Å². The van der Waals surface area contributed by atoms with Crippen LogP contribution in [0.1, 0.15) is 28.6 Å². The molecule has 210 valence electrons. The molecule has 0 saturated carbocycles. The van der Waals surface area contributed by atoms with E-state index in [9.17, 15) is 14.0 Å². The van der Waals surface area contributed by atoms with Crippen LogP contribution in [0.2, 0.25) is 5.02 Å². The molecule has 2 heterocycles. The molecule has 41 heavy (non-hydrogen) atoms. The summed E-state index contributed by atoms with van der Waals surface area (Å²) in [5.74, 6) is -0.218. The van der Waals surface area contributed by atoms with Gasteiger partial charge in [0.05, 0.1) is 5.75 Å². The van der Waals surface area contributed by atoms with Gasteiger partial charge < -0.3 is 19.7 Å². The quantitative estimate of drug-likeness (QED) is 0.185. The number of aryl methyl sites for hydroxylation is 2. The number of carbonyl (C=O) groups is 2. The van der Waals surface area contributed by atoms with E-state index >= 15 is 0 Å². The number of nitrogens with one attached hydrogen (secondary N) is 1. The van der Waals surface area contributed by atoms with Crippen LogP contribution in [0.5, 0.6) is 11.5 Å². The van der Waals surface area contributed by atoms with Gasteiger partial charge in [-0.05, 0) is 67.4 Å². The maximum atomic E-state index is 13.9. The molecule has 11 heteroatoms. The number of anilines is 1. The number of amides is 2. The molecule has 5 rings (SSSR count). The molecule has 8 nitrogen and oxygen atoms in total. The fourth-order valence-electron chi connectivity index (χ4n) is 4.38. The van der Waals surface area contributed by atoms with Crippen molar-refractivity contribution in [3.05, 3.63) is 106 Å². The number of fused-ring (bicyclic) bond motifs is 1. The van der Waals surface area contributed by atoms with Crippen molar-refractivity contribution in [2.75, 3.05) is 17.9 Å². The van der Waals surface area contributed by atoms with E-state index in [4.69, 9.17) is 21.1 Å². The highest BCUT2D eigenvalue weighted by Crippen LogP contribution is 2.35. The van der Waals surface area contributed by atoms with E-state index in [1.54, 1.807) is 42.5 Å². The summed E-state index contributed by atoms with van der Waals surface area (Å²) in [7, 11) is 0. The molecule has 0 spiro atoms. The predicted molar refractivity (Wildman–Crippen MR) is 155 cm³/mol. The maximum absolute atomic E-state index is 13.9. The number of thioether (sulfide) groups is 1. The molecule has 4 aromatic rings. The number of nitrogens with zero attached hydrogens (tertiary/aromatic N) is 3. The standard InChI is InChI=1S/C30H26ClFN4O4S/c1-18-13-19(2)34-30(33-18)41-16-27(37)36(15-20-3-7-22(31)8-4-20)28(21-5-9-23(32)10-6-21)29(38)35-24-11-12-25-26(14-24)40-17-39-25/h3-14,28H,15-17H2,1-2H3,(H,35,38). The number of benzene rings is 3. The van der Waals surface area contributed by atoms with Crippen molar-refractivity contribution in [1.29, 1.82) is 0 Å².